The van der Waals surface area contributed by atoms with Crippen LogP contribution in [0.5, 0.6) is 0 Å². The van der Waals surface area contributed by atoms with Crippen LogP contribution >= 0.6 is 0 Å². The van der Waals surface area contributed by atoms with Crippen LogP contribution < -0.4 is 0 Å². The fourth-order valence-corrected chi connectivity index (χ4v) is 1.68. The molecule has 0 radical (unpaired) electrons. The number of unbranched alkanes of at least 4 members (excludes halogenated alkanes) is 5. The van der Waals surface area contributed by atoms with E-state index in [1.807, 2.05) is 0 Å². The quantitative estimate of drug-likeness (QED) is 0.364. The summed E-state index contributed by atoms with van der Waals surface area (Å²) in [6.07, 6.45) is 10.3. The molecule has 4 heteroatoms. The van der Waals surface area contributed by atoms with Crippen LogP contribution in [-0.2, 0) is 14.3 Å². The molecular weight excluding hydrogens is 256 g/mol. The highest BCUT2D eigenvalue weighted by molar-refractivity contribution is 5.69. The molecule has 0 unspecified atom stereocenters. The van der Waals surface area contributed by atoms with Gasteiger partial charge in [0.15, 0.2) is 0 Å². The highest BCUT2D eigenvalue weighted by atomic mass is 16.5. The molecule has 0 spiro atoms. The van der Waals surface area contributed by atoms with Gasteiger partial charge in [0.25, 0.3) is 5.97 Å². The standard InChI is InChI=1S/C14H26O2.C2H4O2/c1-4-16-14(15)12-10-8-6-5-7-9-11-13(2)3;1-2(3)4/h4,13H,1,5-12H2,2-3H3;1H3,(H,3,4). The monoisotopic (exact) mass is 286 g/mol. The van der Waals surface area contributed by atoms with Crippen LogP contribution in [0.25, 0.3) is 0 Å². The minimum absolute atomic E-state index is 0.158. The SMILES string of the molecule is C=COC(=O)CCCCCCCCC(C)C.CC(=O)O. The molecule has 0 aromatic carbocycles. The van der Waals surface area contributed by atoms with E-state index in [0.717, 1.165) is 25.7 Å². The first-order valence-corrected chi connectivity index (χ1v) is 7.40. The van der Waals surface area contributed by atoms with Gasteiger partial charge in [-0.25, -0.2) is 0 Å². The Morgan fingerprint density at radius 3 is 2.00 bits per heavy atom. The van der Waals surface area contributed by atoms with Gasteiger partial charge < -0.3 is 9.84 Å². The summed E-state index contributed by atoms with van der Waals surface area (Å²) >= 11 is 0. The lowest BCUT2D eigenvalue weighted by Crippen LogP contribution is -1.98. The first-order valence-electron chi connectivity index (χ1n) is 7.40. The van der Waals surface area contributed by atoms with Gasteiger partial charge in [0.1, 0.15) is 0 Å². The van der Waals surface area contributed by atoms with E-state index in [9.17, 15) is 4.79 Å². The number of esters is 1. The van der Waals surface area contributed by atoms with Crippen molar-refractivity contribution in [3.8, 4) is 0 Å². The maximum Gasteiger partial charge on any atom is 0.310 e. The van der Waals surface area contributed by atoms with Crippen molar-refractivity contribution in [2.75, 3.05) is 0 Å². The first-order chi connectivity index (χ1) is 9.40. The number of hydrogen-bond donors (Lipinski definition) is 1. The van der Waals surface area contributed by atoms with Crippen LogP contribution in [0, 0.1) is 5.92 Å². The molecule has 118 valence electrons. The summed E-state index contributed by atoms with van der Waals surface area (Å²) in [5, 5.41) is 7.42. The van der Waals surface area contributed by atoms with Crippen LogP contribution in [0.15, 0.2) is 12.8 Å². The lowest BCUT2D eigenvalue weighted by Gasteiger charge is -2.04. The van der Waals surface area contributed by atoms with Gasteiger partial charge in [-0.2, -0.15) is 0 Å². The van der Waals surface area contributed by atoms with Gasteiger partial charge >= 0.3 is 5.97 Å². The molecule has 0 amide bonds. The van der Waals surface area contributed by atoms with E-state index in [0.29, 0.717) is 6.42 Å². The van der Waals surface area contributed by atoms with Crippen molar-refractivity contribution < 1.29 is 19.4 Å². The van der Waals surface area contributed by atoms with E-state index >= 15 is 0 Å². The van der Waals surface area contributed by atoms with Crippen molar-refractivity contribution in [3.63, 3.8) is 0 Å². The van der Waals surface area contributed by atoms with Gasteiger partial charge in [-0.05, 0) is 12.3 Å². The predicted octanol–water partition coefficient (Wildman–Crippen LogP) is 4.54. The fraction of sp³-hybridized carbons (Fsp3) is 0.750. The molecule has 0 aromatic heterocycles. The highest BCUT2D eigenvalue weighted by Gasteiger charge is 2.00. The maximum absolute atomic E-state index is 11.0. The number of carboxylic acids is 1. The zero-order valence-electron chi connectivity index (χ0n) is 13.2. The van der Waals surface area contributed by atoms with E-state index in [1.54, 1.807) is 0 Å². The molecule has 1 N–H and O–H groups in total. The molecule has 4 nitrogen and oxygen atoms in total. The number of aliphatic carboxylic acids is 1. The van der Waals surface area contributed by atoms with Gasteiger partial charge in [0, 0.05) is 13.3 Å². The Morgan fingerprint density at radius 1 is 1.10 bits per heavy atom. The third kappa shape index (κ3) is 25.5. The van der Waals surface area contributed by atoms with Crippen LogP contribution in [0.2, 0.25) is 0 Å². The number of carbonyl (C=O) groups is 2. The predicted molar refractivity (Wildman–Crippen MR) is 81.4 cm³/mol. The van der Waals surface area contributed by atoms with Crippen molar-refractivity contribution in [2.24, 2.45) is 5.92 Å². The van der Waals surface area contributed by atoms with Crippen molar-refractivity contribution >= 4 is 11.9 Å². The van der Waals surface area contributed by atoms with E-state index in [-0.39, 0.29) is 5.97 Å². The van der Waals surface area contributed by atoms with Gasteiger partial charge in [-0.1, -0.05) is 59.0 Å². The fourth-order valence-electron chi connectivity index (χ4n) is 1.68. The van der Waals surface area contributed by atoms with Crippen molar-refractivity contribution in [1.82, 2.24) is 0 Å². The average Bonchev–Trinajstić information content (AvgIpc) is 2.31. The molecule has 0 aliphatic carbocycles. The molecule has 0 heterocycles. The molecule has 0 saturated heterocycles. The number of carbonyl (C=O) groups excluding carboxylic acids is 1. The van der Waals surface area contributed by atoms with Crippen LogP contribution in [0.3, 0.4) is 0 Å². The molecular formula is C16H30O4. The molecule has 0 aromatic rings. The van der Waals surface area contributed by atoms with Gasteiger partial charge in [-0.3, -0.25) is 9.59 Å². The second-order valence-electron chi connectivity index (χ2n) is 5.23. The molecule has 0 atom stereocenters. The Labute approximate surface area is 123 Å². The summed E-state index contributed by atoms with van der Waals surface area (Å²) in [6.45, 7) is 8.97. The molecule has 0 rings (SSSR count). The molecule has 0 aliphatic heterocycles. The van der Waals surface area contributed by atoms with Crippen LogP contribution in [0.4, 0.5) is 0 Å². The topological polar surface area (TPSA) is 63.6 Å². The van der Waals surface area contributed by atoms with Crippen molar-refractivity contribution in [3.05, 3.63) is 12.8 Å². The minimum Gasteiger partial charge on any atom is -0.481 e. The largest absolute Gasteiger partial charge is 0.481 e. The number of carboxylic acid groups (broad SMARTS) is 1. The average molecular weight is 286 g/mol. The van der Waals surface area contributed by atoms with E-state index in [4.69, 9.17) is 9.90 Å². The summed E-state index contributed by atoms with van der Waals surface area (Å²) in [5.74, 6) is -0.163. The van der Waals surface area contributed by atoms with E-state index in [2.05, 4.69) is 25.2 Å². The molecule has 0 saturated carbocycles. The second kappa shape index (κ2) is 15.7. The van der Waals surface area contributed by atoms with E-state index < -0.39 is 5.97 Å². The summed E-state index contributed by atoms with van der Waals surface area (Å²) in [6, 6.07) is 0. The molecule has 0 bridgehead atoms. The van der Waals surface area contributed by atoms with Crippen LogP contribution in [-0.4, -0.2) is 17.0 Å². The second-order valence-corrected chi connectivity index (χ2v) is 5.23. The highest BCUT2D eigenvalue weighted by Crippen LogP contribution is 2.12. The Morgan fingerprint density at radius 2 is 1.55 bits per heavy atom. The third-order valence-corrected chi connectivity index (χ3v) is 2.63. The Kier molecular flexibility index (Phi) is 16.5. The molecule has 0 fully saturated rings. The number of hydrogen-bond acceptors (Lipinski definition) is 3. The van der Waals surface area contributed by atoms with Gasteiger partial charge in [0.05, 0.1) is 6.26 Å². The summed E-state index contributed by atoms with van der Waals surface area (Å²) < 4.78 is 4.64. The zero-order chi connectivity index (χ0) is 15.8. The zero-order valence-corrected chi connectivity index (χ0v) is 13.2. The van der Waals surface area contributed by atoms with Crippen molar-refractivity contribution in [1.29, 1.82) is 0 Å². The summed E-state index contributed by atoms with van der Waals surface area (Å²) in [7, 11) is 0. The molecule has 0 aliphatic rings. The van der Waals surface area contributed by atoms with Crippen molar-refractivity contribution in [2.45, 2.75) is 72.1 Å². The minimum atomic E-state index is -0.833. The molecule has 20 heavy (non-hydrogen) atoms. The number of ether oxygens (including phenoxy) is 1. The smallest absolute Gasteiger partial charge is 0.310 e. The van der Waals surface area contributed by atoms with Crippen LogP contribution in [0.1, 0.15) is 72.1 Å². The van der Waals surface area contributed by atoms with Gasteiger partial charge in [0.2, 0.25) is 0 Å². The Hall–Kier alpha value is -1.32. The normalized spacial score (nSPS) is 9.60. The van der Waals surface area contributed by atoms with Gasteiger partial charge in [-0.15, -0.1) is 0 Å². The third-order valence-electron chi connectivity index (χ3n) is 2.63. The lowest BCUT2D eigenvalue weighted by molar-refractivity contribution is -0.138. The Balaban J connectivity index is 0. The van der Waals surface area contributed by atoms with E-state index in [1.165, 1.54) is 38.4 Å². The lowest BCUT2D eigenvalue weighted by atomic mass is 10.0. The number of rotatable bonds is 10. The Bertz CT molecular complexity index is 255. The first kappa shape index (κ1) is 21.0. The summed E-state index contributed by atoms with van der Waals surface area (Å²) in [5.41, 5.74) is 0. The summed E-state index contributed by atoms with van der Waals surface area (Å²) in [4.78, 5) is 20.0. The maximum atomic E-state index is 11.0.